The number of carbonyl (C=O) groups excluding carboxylic acids is 1. The van der Waals surface area contributed by atoms with E-state index >= 15 is 0 Å². The molecule has 134 valence electrons. The van der Waals surface area contributed by atoms with Crippen molar-refractivity contribution in [2.45, 2.75) is 12.3 Å². The van der Waals surface area contributed by atoms with Crippen LogP contribution in [-0.4, -0.2) is 25.7 Å². The van der Waals surface area contributed by atoms with Crippen LogP contribution in [0.15, 0.2) is 55.1 Å². The molecule has 0 bridgehead atoms. The molecule has 6 heteroatoms. The second-order valence-electron chi connectivity index (χ2n) is 6.07. The van der Waals surface area contributed by atoms with Crippen LogP contribution in [0.5, 0.6) is 5.75 Å². The van der Waals surface area contributed by atoms with Gasteiger partial charge in [-0.1, -0.05) is 42.5 Å². The number of amides is 1. The molecule has 0 saturated carbocycles. The summed E-state index contributed by atoms with van der Waals surface area (Å²) in [7, 11) is 0. The Kier molecular flexibility index (Phi) is 4.44. The van der Waals surface area contributed by atoms with E-state index in [1.165, 1.54) is 0 Å². The van der Waals surface area contributed by atoms with Crippen LogP contribution in [0.1, 0.15) is 11.1 Å². The zero-order chi connectivity index (χ0) is 18.1. The number of anilines is 1. The van der Waals surface area contributed by atoms with Crippen LogP contribution in [-0.2, 0) is 26.6 Å². The Morgan fingerprint density at radius 3 is 2.77 bits per heavy atom. The molecule has 0 aromatic heterocycles. The van der Waals surface area contributed by atoms with Gasteiger partial charge in [-0.3, -0.25) is 4.79 Å². The molecule has 1 saturated heterocycles. The van der Waals surface area contributed by atoms with Crippen LogP contribution in [0.2, 0.25) is 5.02 Å². The SMILES string of the molecule is C=CCOc1ccccc1CN1C(=O)C2(OCCO2)c2cc(Cl)ccc21. The van der Waals surface area contributed by atoms with Gasteiger partial charge in [-0.25, -0.2) is 0 Å². The van der Waals surface area contributed by atoms with Gasteiger partial charge in [-0.05, 0) is 24.3 Å². The number of para-hydroxylation sites is 1. The first-order valence-electron chi connectivity index (χ1n) is 8.37. The molecular weight excluding hydrogens is 354 g/mol. The Morgan fingerprint density at radius 1 is 1.23 bits per heavy atom. The Bertz CT molecular complexity index is 861. The summed E-state index contributed by atoms with van der Waals surface area (Å²) in [6.45, 7) is 5.14. The normalized spacial score (nSPS) is 17.6. The minimum atomic E-state index is -1.39. The van der Waals surface area contributed by atoms with E-state index in [0.29, 0.717) is 42.7 Å². The summed E-state index contributed by atoms with van der Waals surface area (Å²) in [5.74, 6) is -0.923. The molecule has 0 radical (unpaired) electrons. The van der Waals surface area contributed by atoms with E-state index < -0.39 is 5.79 Å². The first-order valence-corrected chi connectivity index (χ1v) is 8.75. The number of halogens is 1. The average Bonchev–Trinajstić information content (AvgIpc) is 3.22. The molecule has 0 unspecified atom stereocenters. The van der Waals surface area contributed by atoms with Gasteiger partial charge in [0.15, 0.2) is 0 Å². The van der Waals surface area contributed by atoms with Crippen molar-refractivity contribution in [1.29, 1.82) is 0 Å². The number of fused-ring (bicyclic) bond motifs is 2. The van der Waals surface area contributed by atoms with Gasteiger partial charge < -0.3 is 19.1 Å². The summed E-state index contributed by atoms with van der Waals surface area (Å²) in [5.41, 5.74) is 2.27. The zero-order valence-corrected chi connectivity index (χ0v) is 14.9. The Balaban J connectivity index is 1.72. The molecule has 26 heavy (non-hydrogen) atoms. The van der Waals surface area contributed by atoms with Crippen molar-refractivity contribution >= 4 is 23.2 Å². The number of hydrogen-bond acceptors (Lipinski definition) is 4. The molecule has 2 aromatic carbocycles. The molecule has 5 nitrogen and oxygen atoms in total. The summed E-state index contributed by atoms with van der Waals surface area (Å²) in [6.07, 6.45) is 1.68. The molecule has 2 heterocycles. The quantitative estimate of drug-likeness (QED) is 0.753. The van der Waals surface area contributed by atoms with Gasteiger partial charge in [0.1, 0.15) is 12.4 Å². The van der Waals surface area contributed by atoms with Crippen LogP contribution >= 0.6 is 11.6 Å². The molecule has 2 aliphatic rings. The lowest BCUT2D eigenvalue weighted by Gasteiger charge is -2.22. The summed E-state index contributed by atoms with van der Waals surface area (Å²) >= 11 is 6.15. The number of rotatable bonds is 5. The van der Waals surface area contributed by atoms with E-state index in [-0.39, 0.29) is 5.91 Å². The molecule has 0 aliphatic carbocycles. The minimum Gasteiger partial charge on any atom is -0.489 e. The van der Waals surface area contributed by atoms with Crippen molar-refractivity contribution in [2.75, 3.05) is 24.7 Å². The van der Waals surface area contributed by atoms with Crippen LogP contribution in [0.25, 0.3) is 0 Å². The Hall–Kier alpha value is -2.34. The highest BCUT2D eigenvalue weighted by molar-refractivity contribution is 6.31. The van der Waals surface area contributed by atoms with Gasteiger partial charge in [0.2, 0.25) is 0 Å². The fourth-order valence-corrected chi connectivity index (χ4v) is 3.52. The van der Waals surface area contributed by atoms with Crippen molar-refractivity contribution in [3.63, 3.8) is 0 Å². The van der Waals surface area contributed by atoms with E-state index in [1.807, 2.05) is 30.3 Å². The molecular formula is C20H18ClNO4. The maximum Gasteiger partial charge on any atom is 0.292 e. The second-order valence-corrected chi connectivity index (χ2v) is 6.51. The van der Waals surface area contributed by atoms with Crippen molar-refractivity contribution in [1.82, 2.24) is 0 Å². The molecule has 1 amide bonds. The van der Waals surface area contributed by atoms with Gasteiger partial charge in [0.25, 0.3) is 11.7 Å². The number of nitrogens with zero attached hydrogens (tertiary/aromatic N) is 1. The van der Waals surface area contributed by atoms with E-state index in [0.717, 1.165) is 11.3 Å². The van der Waals surface area contributed by atoms with Crippen LogP contribution in [0.3, 0.4) is 0 Å². The standard InChI is InChI=1S/C20H18ClNO4/c1-2-9-24-18-6-4-3-5-14(18)13-22-17-8-7-15(21)12-16(17)20(19(22)23)25-10-11-26-20/h2-8,12H,1,9-11,13H2. The van der Waals surface area contributed by atoms with Crippen LogP contribution in [0, 0.1) is 0 Å². The van der Waals surface area contributed by atoms with E-state index in [2.05, 4.69) is 6.58 Å². The smallest absolute Gasteiger partial charge is 0.292 e. The number of carbonyl (C=O) groups is 1. The monoisotopic (exact) mass is 371 g/mol. The lowest BCUT2D eigenvalue weighted by atomic mass is 10.1. The zero-order valence-electron chi connectivity index (χ0n) is 14.1. The lowest BCUT2D eigenvalue weighted by molar-refractivity contribution is -0.180. The van der Waals surface area contributed by atoms with Crippen LogP contribution < -0.4 is 9.64 Å². The predicted octanol–water partition coefficient (Wildman–Crippen LogP) is 3.65. The van der Waals surface area contributed by atoms with Crippen molar-refractivity contribution < 1.29 is 19.0 Å². The fourth-order valence-electron chi connectivity index (χ4n) is 3.35. The highest BCUT2D eigenvalue weighted by Crippen LogP contribution is 2.47. The van der Waals surface area contributed by atoms with Gasteiger partial charge >= 0.3 is 0 Å². The number of benzene rings is 2. The Labute approximate surface area is 156 Å². The molecule has 4 rings (SSSR count). The van der Waals surface area contributed by atoms with Crippen molar-refractivity contribution in [3.05, 3.63) is 71.3 Å². The van der Waals surface area contributed by atoms with Crippen molar-refractivity contribution in [3.8, 4) is 5.75 Å². The topological polar surface area (TPSA) is 48.0 Å². The van der Waals surface area contributed by atoms with E-state index in [4.69, 9.17) is 25.8 Å². The third kappa shape index (κ3) is 2.69. The lowest BCUT2D eigenvalue weighted by Crippen LogP contribution is -2.41. The molecule has 0 N–H and O–H groups in total. The van der Waals surface area contributed by atoms with Gasteiger partial charge in [0.05, 0.1) is 25.4 Å². The average molecular weight is 372 g/mol. The molecule has 1 spiro atoms. The predicted molar refractivity (Wildman–Crippen MR) is 98.4 cm³/mol. The van der Waals surface area contributed by atoms with E-state index in [1.54, 1.807) is 23.1 Å². The fraction of sp³-hybridized carbons (Fsp3) is 0.250. The second kappa shape index (κ2) is 6.76. The third-order valence-corrected chi connectivity index (χ3v) is 4.72. The minimum absolute atomic E-state index is 0.245. The molecule has 0 atom stereocenters. The number of hydrogen-bond donors (Lipinski definition) is 0. The summed E-state index contributed by atoms with van der Waals surface area (Å²) < 4.78 is 17.2. The summed E-state index contributed by atoms with van der Waals surface area (Å²) in [5, 5.41) is 0.534. The highest BCUT2D eigenvalue weighted by Gasteiger charge is 2.56. The summed E-state index contributed by atoms with van der Waals surface area (Å²) in [6, 6.07) is 12.9. The number of ether oxygens (including phenoxy) is 3. The van der Waals surface area contributed by atoms with Gasteiger partial charge in [0, 0.05) is 16.1 Å². The van der Waals surface area contributed by atoms with Gasteiger partial charge in [-0.15, -0.1) is 0 Å². The molecule has 1 fully saturated rings. The van der Waals surface area contributed by atoms with Gasteiger partial charge in [-0.2, -0.15) is 0 Å². The molecule has 2 aliphatic heterocycles. The third-order valence-electron chi connectivity index (χ3n) is 4.48. The highest BCUT2D eigenvalue weighted by atomic mass is 35.5. The summed E-state index contributed by atoms with van der Waals surface area (Å²) in [4.78, 5) is 14.9. The first-order chi connectivity index (χ1) is 12.7. The molecule has 2 aromatic rings. The maximum atomic E-state index is 13.2. The van der Waals surface area contributed by atoms with Crippen molar-refractivity contribution in [2.24, 2.45) is 0 Å². The van der Waals surface area contributed by atoms with E-state index in [9.17, 15) is 4.79 Å². The largest absolute Gasteiger partial charge is 0.489 e. The maximum absolute atomic E-state index is 13.2. The first kappa shape index (κ1) is 17.1. The Morgan fingerprint density at radius 2 is 2.00 bits per heavy atom. The van der Waals surface area contributed by atoms with Crippen LogP contribution in [0.4, 0.5) is 5.69 Å².